The van der Waals surface area contributed by atoms with Crippen LogP contribution in [-0.4, -0.2) is 41.5 Å². The molecule has 3 rings (SSSR count). The zero-order valence-corrected chi connectivity index (χ0v) is 12.7. The van der Waals surface area contributed by atoms with Gasteiger partial charge in [0.1, 0.15) is 0 Å². The molecule has 0 aromatic rings. The van der Waals surface area contributed by atoms with Gasteiger partial charge >= 0.3 is 0 Å². The Morgan fingerprint density at radius 2 is 2.10 bits per heavy atom. The first kappa shape index (κ1) is 14.3. The summed E-state index contributed by atoms with van der Waals surface area (Å²) in [6, 6.07) is 1.40. The average molecular weight is 279 g/mol. The van der Waals surface area contributed by atoms with Gasteiger partial charge in [0.25, 0.3) is 0 Å². The van der Waals surface area contributed by atoms with Crippen LogP contribution >= 0.6 is 0 Å². The van der Waals surface area contributed by atoms with Crippen molar-refractivity contribution >= 4 is 5.91 Å². The Labute approximate surface area is 122 Å². The maximum absolute atomic E-state index is 11.7. The van der Waals surface area contributed by atoms with Gasteiger partial charge < -0.3 is 16.0 Å². The van der Waals surface area contributed by atoms with Gasteiger partial charge in [0.15, 0.2) is 0 Å². The van der Waals surface area contributed by atoms with Crippen molar-refractivity contribution in [2.24, 2.45) is 11.7 Å². The molecule has 2 aliphatic carbocycles. The molecule has 0 spiro atoms. The van der Waals surface area contributed by atoms with Crippen molar-refractivity contribution in [3.05, 3.63) is 0 Å². The van der Waals surface area contributed by atoms with Gasteiger partial charge in [-0.3, -0.25) is 4.79 Å². The lowest BCUT2D eigenvalue weighted by atomic mass is 9.93. The Bertz CT molecular complexity index is 369. The summed E-state index contributed by atoms with van der Waals surface area (Å²) >= 11 is 0. The molecule has 3 N–H and O–H groups in total. The third-order valence-electron chi connectivity index (χ3n) is 5.54. The second kappa shape index (κ2) is 5.64. The molecule has 3 atom stereocenters. The maximum Gasteiger partial charge on any atom is 0.237 e. The van der Waals surface area contributed by atoms with Gasteiger partial charge in [-0.15, -0.1) is 0 Å². The SMILES string of the molecule is CC(CCCCN1CC2CCC1C2)(NC1CC1)C(N)=O. The molecule has 0 aromatic carbocycles. The molecule has 20 heavy (non-hydrogen) atoms. The van der Waals surface area contributed by atoms with Gasteiger partial charge in [0.2, 0.25) is 5.91 Å². The quantitative estimate of drug-likeness (QED) is 0.664. The summed E-state index contributed by atoms with van der Waals surface area (Å²) in [5.41, 5.74) is 5.09. The smallest absolute Gasteiger partial charge is 0.237 e. The number of likely N-dealkylation sites (tertiary alicyclic amines) is 1. The van der Waals surface area contributed by atoms with Crippen LogP contribution in [0, 0.1) is 5.92 Å². The van der Waals surface area contributed by atoms with E-state index in [0.717, 1.165) is 24.8 Å². The van der Waals surface area contributed by atoms with Crippen molar-refractivity contribution < 1.29 is 4.79 Å². The van der Waals surface area contributed by atoms with Crippen LogP contribution in [-0.2, 0) is 4.79 Å². The minimum atomic E-state index is -0.495. The zero-order valence-electron chi connectivity index (χ0n) is 12.7. The monoisotopic (exact) mass is 279 g/mol. The molecule has 1 heterocycles. The molecule has 2 saturated carbocycles. The van der Waals surface area contributed by atoms with E-state index >= 15 is 0 Å². The number of primary amides is 1. The lowest BCUT2D eigenvalue weighted by molar-refractivity contribution is -0.124. The highest BCUT2D eigenvalue weighted by Crippen LogP contribution is 2.37. The maximum atomic E-state index is 11.7. The van der Waals surface area contributed by atoms with Crippen molar-refractivity contribution in [3.8, 4) is 0 Å². The number of hydrogen-bond donors (Lipinski definition) is 2. The first-order chi connectivity index (χ1) is 9.57. The van der Waals surface area contributed by atoms with Gasteiger partial charge in [0, 0.05) is 18.6 Å². The highest BCUT2D eigenvalue weighted by molar-refractivity contribution is 5.84. The third-order valence-corrected chi connectivity index (χ3v) is 5.54. The Morgan fingerprint density at radius 3 is 2.65 bits per heavy atom. The van der Waals surface area contributed by atoms with Gasteiger partial charge in [0.05, 0.1) is 5.54 Å². The van der Waals surface area contributed by atoms with E-state index in [1.165, 1.54) is 51.6 Å². The number of hydrogen-bond acceptors (Lipinski definition) is 3. The van der Waals surface area contributed by atoms with Crippen LogP contribution in [0.2, 0.25) is 0 Å². The van der Waals surface area contributed by atoms with Crippen molar-refractivity contribution in [1.82, 2.24) is 10.2 Å². The summed E-state index contributed by atoms with van der Waals surface area (Å²) in [6.07, 6.45) is 9.84. The summed E-state index contributed by atoms with van der Waals surface area (Å²) in [5, 5.41) is 3.43. The minimum Gasteiger partial charge on any atom is -0.368 e. The summed E-state index contributed by atoms with van der Waals surface area (Å²) in [5.74, 6) is 0.789. The number of nitrogens with two attached hydrogens (primary N) is 1. The predicted octanol–water partition coefficient (Wildman–Crippen LogP) is 1.64. The molecule has 3 aliphatic rings. The average Bonchev–Trinajstić information content (AvgIpc) is 2.98. The minimum absolute atomic E-state index is 0.190. The van der Waals surface area contributed by atoms with Crippen LogP contribution < -0.4 is 11.1 Å². The number of piperidine rings is 1. The second-order valence-electron chi connectivity index (χ2n) is 7.40. The molecule has 0 aromatic heterocycles. The number of unbranched alkanes of at least 4 members (excludes halogenated alkanes) is 1. The van der Waals surface area contributed by atoms with E-state index in [1.54, 1.807) is 0 Å². The Hall–Kier alpha value is -0.610. The molecular formula is C16H29N3O. The van der Waals surface area contributed by atoms with Crippen LogP contribution in [0.1, 0.15) is 58.3 Å². The number of fused-ring (bicyclic) bond motifs is 2. The molecule has 3 fully saturated rings. The van der Waals surface area contributed by atoms with Crippen molar-refractivity contribution in [2.45, 2.75) is 75.9 Å². The van der Waals surface area contributed by atoms with Crippen molar-refractivity contribution in [2.75, 3.05) is 13.1 Å². The molecule has 114 valence electrons. The van der Waals surface area contributed by atoms with Gasteiger partial charge in [-0.1, -0.05) is 0 Å². The largest absolute Gasteiger partial charge is 0.368 e. The summed E-state index contributed by atoms with van der Waals surface area (Å²) < 4.78 is 0. The van der Waals surface area contributed by atoms with Crippen LogP contribution in [0.25, 0.3) is 0 Å². The fourth-order valence-electron chi connectivity index (χ4n) is 4.04. The van der Waals surface area contributed by atoms with Crippen molar-refractivity contribution in [1.29, 1.82) is 0 Å². The number of carbonyl (C=O) groups is 1. The Morgan fingerprint density at radius 1 is 1.30 bits per heavy atom. The van der Waals surface area contributed by atoms with Crippen LogP contribution in [0.15, 0.2) is 0 Å². The van der Waals surface area contributed by atoms with Crippen molar-refractivity contribution in [3.63, 3.8) is 0 Å². The first-order valence-corrected chi connectivity index (χ1v) is 8.38. The fourth-order valence-corrected chi connectivity index (χ4v) is 4.04. The number of carbonyl (C=O) groups excluding carboxylic acids is 1. The molecule has 2 bridgehead atoms. The summed E-state index contributed by atoms with van der Waals surface area (Å²) in [6.45, 7) is 4.50. The molecule has 1 aliphatic heterocycles. The number of nitrogens with one attached hydrogen (secondary N) is 1. The number of nitrogens with zero attached hydrogens (tertiary/aromatic N) is 1. The van der Waals surface area contributed by atoms with E-state index in [4.69, 9.17) is 5.73 Å². The van der Waals surface area contributed by atoms with E-state index in [0.29, 0.717) is 6.04 Å². The Balaban J connectivity index is 1.38. The summed E-state index contributed by atoms with van der Waals surface area (Å²) in [4.78, 5) is 14.4. The van der Waals surface area contributed by atoms with Gasteiger partial charge in [-0.25, -0.2) is 0 Å². The Kier molecular flexibility index (Phi) is 4.04. The van der Waals surface area contributed by atoms with E-state index in [-0.39, 0.29) is 5.91 Å². The zero-order chi connectivity index (χ0) is 14.2. The van der Waals surface area contributed by atoms with E-state index in [9.17, 15) is 4.79 Å². The first-order valence-electron chi connectivity index (χ1n) is 8.38. The molecule has 0 radical (unpaired) electrons. The van der Waals surface area contributed by atoms with Crippen LogP contribution in [0.4, 0.5) is 0 Å². The molecule has 3 unspecified atom stereocenters. The third kappa shape index (κ3) is 3.17. The molecule has 1 saturated heterocycles. The van der Waals surface area contributed by atoms with E-state index in [1.807, 2.05) is 6.92 Å². The molecule has 4 nitrogen and oxygen atoms in total. The molecular weight excluding hydrogens is 250 g/mol. The van der Waals surface area contributed by atoms with Gasteiger partial charge in [-0.2, -0.15) is 0 Å². The number of rotatable bonds is 8. The number of amides is 1. The van der Waals surface area contributed by atoms with Crippen LogP contribution in [0.5, 0.6) is 0 Å². The molecule has 4 heteroatoms. The standard InChI is InChI=1S/C16H29N3O/c1-16(15(17)20,18-13-5-6-13)8-2-3-9-19-11-12-4-7-14(19)10-12/h12-14,18H,2-11H2,1H3,(H2,17,20). The van der Waals surface area contributed by atoms with E-state index in [2.05, 4.69) is 10.2 Å². The van der Waals surface area contributed by atoms with E-state index < -0.39 is 5.54 Å². The highest BCUT2D eigenvalue weighted by atomic mass is 16.1. The summed E-state index contributed by atoms with van der Waals surface area (Å²) in [7, 11) is 0. The normalized spacial score (nSPS) is 32.5. The van der Waals surface area contributed by atoms with Gasteiger partial charge in [-0.05, 0) is 70.8 Å². The topological polar surface area (TPSA) is 58.4 Å². The molecule has 1 amide bonds. The lowest BCUT2D eigenvalue weighted by Gasteiger charge is -2.29. The fraction of sp³-hybridized carbons (Fsp3) is 0.938. The lowest BCUT2D eigenvalue weighted by Crippen LogP contribution is -2.54. The highest BCUT2D eigenvalue weighted by Gasteiger charge is 2.38. The van der Waals surface area contributed by atoms with Crippen LogP contribution in [0.3, 0.4) is 0 Å². The predicted molar refractivity (Wildman–Crippen MR) is 80.3 cm³/mol. The second-order valence-corrected chi connectivity index (χ2v) is 7.40.